The highest BCUT2D eigenvalue weighted by Crippen LogP contribution is 2.38. The second-order valence-electron chi connectivity index (χ2n) is 5.47. The van der Waals surface area contributed by atoms with Crippen molar-refractivity contribution in [1.82, 2.24) is 0 Å². The van der Waals surface area contributed by atoms with E-state index in [2.05, 4.69) is 4.74 Å². The van der Waals surface area contributed by atoms with E-state index < -0.39 is 52.8 Å². The fourth-order valence-electron chi connectivity index (χ4n) is 1.85. The molecule has 0 saturated heterocycles. The third-order valence-corrected chi connectivity index (χ3v) is 5.29. The fraction of sp³-hybridized carbons (Fsp3) is 0.500. The lowest BCUT2D eigenvalue weighted by atomic mass is 10.2. The lowest BCUT2D eigenvalue weighted by molar-refractivity contribution is -0.275. The van der Waals surface area contributed by atoms with Crippen molar-refractivity contribution in [3.8, 4) is 0 Å². The molecule has 2 unspecified atom stereocenters. The first-order valence-corrected chi connectivity index (χ1v) is 10.8. The quantitative estimate of drug-likeness (QED) is 0.182. The van der Waals surface area contributed by atoms with Gasteiger partial charge in [0, 0.05) is 13.6 Å². The first-order valence-electron chi connectivity index (χ1n) is 7.24. The van der Waals surface area contributed by atoms with Gasteiger partial charge in [-0.1, -0.05) is 0 Å². The molecule has 0 radical (unpaired) electrons. The van der Waals surface area contributed by atoms with Gasteiger partial charge in [-0.05, 0) is 70.3 Å². The molecule has 0 fully saturated rings. The molecule has 0 N–H and O–H groups in total. The van der Waals surface area contributed by atoms with Gasteiger partial charge >= 0.3 is 17.4 Å². The van der Waals surface area contributed by atoms with Gasteiger partial charge in [-0.2, -0.15) is 22.0 Å². The number of carbonyl (C=O) groups excluding carboxylic acids is 1. The number of esters is 1. The zero-order valence-corrected chi connectivity index (χ0v) is 18.9. The van der Waals surface area contributed by atoms with Crippen LogP contribution >= 0.6 is 45.2 Å². The largest absolute Gasteiger partial charge is 0.743 e. The zero-order valence-electron chi connectivity index (χ0n) is 13.8. The number of carbonyl (C=O) groups is 1. The van der Waals surface area contributed by atoms with Gasteiger partial charge in [0.25, 0.3) is 0 Å². The van der Waals surface area contributed by atoms with E-state index in [-0.39, 0.29) is 5.56 Å². The number of ether oxygens (including phenoxy) is 2. The zero-order chi connectivity index (χ0) is 21.9. The van der Waals surface area contributed by atoms with Crippen molar-refractivity contribution < 1.29 is 49.2 Å². The Morgan fingerprint density at radius 3 is 2.07 bits per heavy atom. The topological polar surface area (TPSA) is 92.7 Å². The molecule has 1 aromatic carbocycles. The summed E-state index contributed by atoms with van der Waals surface area (Å²) in [5.74, 6) is -0.788. The molecule has 0 aliphatic heterocycles. The Balaban J connectivity index is 2.73. The normalized spacial score (nSPS) is 15.2. The van der Waals surface area contributed by atoms with E-state index in [1.807, 2.05) is 45.2 Å². The van der Waals surface area contributed by atoms with Gasteiger partial charge in [-0.3, -0.25) is 0 Å². The molecule has 0 heterocycles. The Morgan fingerprint density at radius 2 is 1.64 bits per heavy atom. The van der Waals surface area contributed by atoms with Crippen LogP contribution in [0.3, 0.4) is 0 Å². The van der Waals surface area contributed by atoms with Crippen molar-refractivity contribution >= 4 is 61.3 Å². The number of benzene rings is 1. The summed E-state index contributed by atoms with van der Waals surface area (Å²) in [7, 11) is -6.62. The van der Waals surface area contributed by atoms with Gasteiger partial charge in [0.15, 0.2) is 10.1 Å². The maximum atomic E-state index is 13.4. The third-order valence-electron chi connectivity index (χ3n) is 3.16. The second kappa shape index (κ2) is 9.65. The molecule has 1 aromatic rings. The molecule has 14 heteroatoms. The molecule has 0 amide bonds. The lowest BCUT2D eigenvalue weighted by Gasteiger charge is -2.32. The van der Waals surface area contributed by atoms with E-state index in [0.717, 1.165) is 14.1 Å². The Labute approximate surface area is 184 Å². The number of rotatable bonds is 8. The van der Waals surface area contributed by atoms with E-state index in [0.29, 0.717) is 0 Å². The number of halogens is 7. The number of hydrogen-bond donors (Lipinski definition) is 0. The first-order chi connectivity index (χ1) is 12.6. The van der Waals surface area contributed by atoms with Crippen LogP contribution in [0.1, 0.15) is 23.7 Å². The van der Waals surface area contributed by atoms with Crippen LogP contribution in [-0.4, -0.2) is 49.2 Å². The standard InChI is InChI=1S/C14H13F5I2O6S/c1-7(27-12(13(15,16)17)14(18,19)28(23,24)25)2-3-26-11(22)8-4-9(20)6-10(21)5-8/h4-7,12H,2-3H2,1H3,(H,23,24,25)/p-1. The minimum absolute atomic E-state index is 0.182. The van der Waals surface area contributed by atoms with Crippen molar-refractivity contribution in [2.45, 2.75) is 37.0 Å². The predicted molar refractivity (Wildman–Crippen MR) is 102 cm³/mol. The average molecular weight is 657 g/mol. The fourth-order valence-corrected chi connectivity index (χ4v) is 4.24. The monoisotopic (exact) mass is 657 g/mol. The molecule has 1 rings (SSSR count). The summed E-state index contributed by atoms with van der Waals surface area (Å²) in [6, 6.07) is 4.78. The summed E-state index contributed by atoms with van der Waals surface area (Å²) in [4.78, 5) is 11.9. The van der Waals surface area contributed by atoms with Crippen LogP contribution in [0, 0.1) is 7.14 Å². The molecule has 6 nitrogen and oxygen atoms in total. The number of alkyl halides is 5. The highest BCUT2D eigenvalue weighted by Gasteiger charge is 2.61. The smallest absolute Gasteiger partial charge is 0.421 e. The van der Waals surface area contributed by atoms with Gasteiger partial charge in [0.2, 0.25) is 6.10 Å². The van der Waals surface area contributed by atoms with Crippen LogP contribution < -0.4 is 0 Å². The van der Waals surface area contributed by atoms with Gasteiger partial charge in [-0.25, -0.2) is 13.2 Å². The van der Waals surface area contributed by atoms with E-state index in [1.54, 1.807) is 6.07 Å². The minimum Gasteiger partial charge on any atom is -0.743 e. The summed E-state index contributed by atoms with van der Waals surface area (Å²) in [6.07, 6.45) is -12.0. The minimum atomic E-state index is -6.62. The Hall–Kier alpha value is -0.330. The molecule has 0 spiro atoms. The maximum Gasteiger partial charge on any atom is 0.421 e. The molecule has 160 valence electrons. The van der Waals surface area contributed by atoms with Crippen LogP contribution in [0.4, 0.5) is 22.0 Å². The summed E-state index contributed by atoms with van der Waals surface area (Å²) in [5.41, 5.74) is 0.182. The second-order valence-corrected chi connectivity index (χ2v) is 9.41. The Bertz CT molecular complexity index is 795. The van der Waals surface area contributed by atoms with E-state index in [9.17, 15) is 39.7 Å². The molecule has 0 bridgehead atoms. The van der Waals surface area contributed by atoms with Crippen molar-refractivity contribution in [3.63, 3.8) is 0 Å². The SMILES string of the molecule is CC(CCOC(=O)c1cc(I)cc(I)c1)OC(C(F)(F)F)C(F)(F)S(=O)(=O)[O-]. The van der Waals surface area contributed by atoms with Gasteiger partial charge in [0.1, 0.15) is 0 Å². The molecule has 0 aliphatic carbocycles. The van der Waals surface area contributed by atoms with Crippen LogP contribution in [0.2, 0.25) is 0 Å². The molecule has 28 heavy (non-hydrogen) atoms. The van der Waals surface area contributed by atoms with E-state index >= 15 is 0 Å². The van der Waals surface area contributed by atoms with Crippen molar-refractivity contribution in [1.29, 1.82) is 0 Å². The summed E-state index contributed by atoms with van der Waals surface area (Å²) in [5, 5.41) is -5.71. The molecule has 0 aromatic heterocycles. The van der Waals surface area contributed by atoms with Crippen molar-refractivity contribution in [2.24, 2.45) is 0 Å². The van der Waals surface area contributed by atoms with Crippen LogP contribution in [-0.2, 0) is 19.6 Å². The molecule has 2 atom stereocenters. The Kier molecular flexibility index (Phi) is 8.86. The molecule has 0 aliphatic rings. The van der Waals surface area contributed by atoms with Crippen molar-refractivity contribution in [2.75, 3.05) is 6.61 Å². The summed E-state index contributed by atoms with van der Waals surface area (Å²) in [6.45, 7) is 0.455. The lowest BCUT2D eigenvalue weighted by Crippen LogP contribution is -2.52. The van der Waals surface area contributed by atoms with Gasteiger partial charge in [-0.15, -0.1) is 0 Å². The summed E-state index contributed by atoms with van der Waals surface area (Å²) >= 11 is 3.92. The van der Waals surface area contributed by atoms with Crippen LogP contribution in [0.5, 0.6) is 0 Å². The molecule has 0 saturated carbocycles. The highest BCUT2D eigenvalue weighted by molar-refractivity contribution is 14.1. The van der Waals surface area contributed by atoms with Crippen LogP contribution in [0.25, 0.3) is 0 Å². The third kappa shape index (κ3) is 7.17. The van der Waals surface area contributed by atoms with E-state index in [4.69, 9.17) is 4.74 Å². The van der Waals surface area contributed by atoms with E-state index in [1.165, 1.54) is 12.1 Å². The Morgan fingerprint density at radius 1 is 1.14 bits per heavy atom. The molecular weight excluding hydrogens is 645 g/mol. The maximum absolute atomic E-state index is 13.4. The first kappa shape index (κ1) is 25.7. The highest BCUT2D eigenvalue weighted by atomic mass is 127. The predicted octanol–water partition coefficient (Wildman–Crippen LogP) is 3.92. The van der Waals surface area contributed by atoms with Crippen molar-refractivity contribution in [3.05, 3.63) is 30.9 Å². The number of hydrogen-bond acceptors (Lipinski definition) is 6. The summed E-state index contributed by atoms with van der Waals surface area (Å²) < 4.78 is 107. The molecular formula is C14H12F5I2O6S-. The average Bonchev–Trinajstić information content (AvgIpc) is 2.49. The van der Waals surface area contributed by atoms with Gasteiger partial charge in [0.05, 0.1) is 18.3 Å². The van der Waals surface area contributed by atoms with Gasteiger partial charge < -0.3 is 14.0 Å². The van der Waals surface area contributed by atoms with Crippen LogP contribution in [0.15, 0.2) is 18.2 Å².